The Labute approximate surface area is 212 Å². The molecule has 0 bridgehead atoms. The molecule has 0 saturated carbocycles. The Hall–Kier alpha value is -0.0838. The van der Waals surface area contributed by atoms with Crippen LogP contribution < -0.4 is 62.3 Å². The summed E-state index contributed by atoms with van der Waals surface area (Å²) in [5.74, 6) is 0. The summed E-state index contributed by atoms with van der Waals surface area (Å²) in [5, 5.41) is 0. The standard InChI is InChI=1S/C9H13BO2.C7H7BF3.2C2H6.K/c1-8-4-6-9(7-5-8)10(11-2)12-3;1-6-2-4-7(5-3-6)8(9,10)11;2*1-2;/h4-7H,1-3H3;2-5H,1H3;2*1-2H3;/q;-1;;;+1. The molecular weight excluding hydrogens is 390 g/mol. The zero-order valence-corrected chi connectivity index (χ0v) is 21.8. The van der Waals surface area contributed by atoms with Gasteiger partial charge < -0.3 is 22.3 Å². The topological polar surface area (TPSA) is 18.5 Å². The first-order valence-corrected chi connectivity index (χ1v) is 9.16. The van der Waals surface area contributed by atoms with Crippen molar-refractivity contribution < 1.29 is 73.6 Å². The van der Waals surface area contributed by atoms with Gasteiger partial charge in [0, 0.05) is 14.2 Å². The van der Waals surface area contributed by atoms with Crippen molar-refractivity contribution in [1.82, 2.24) is 0 Å². The predicted octanol–water partition coefficient (Wildman–Crippen LogP) is 2.09. The van der Waals surface area contributed by atoms with E-state index in [1.165, 1.54) is 17.7 Å². The van der Waals surface area contributed by atoms with E-state index in [4.69, 9.17) is 9.31 Å². The van der Waals surface area contributed by atoms with Crippen LogP contribution in [0.15, 0.2) is 48.5 Å². The van der Waals surface area contributed by atoms with E-state index in [9.17, 15) is 12.9 Å². The molecule has 0 aliphatic carbocycles. The summed E-state index contributed by atoms with van der Waals surface area (Å²) in [7, 11) is 3.02. The molecule has 0 N–H and O–H groups in total. The van der Waals surface area contributed by atoms with Gasteiger partial charge in [0.2, 0.25) is 0 Å². The Morgan fingerprint density at radius 2 is 1.00 bits per heavy atom. The van der Waals surface area contributed by atoms with Crippen LogP contribution in [0.1, 0.15) is 38.8 Å². The molecule has 152 valence electrons. The fraction of sp³-hybridized carbons (Fsp3) is 0.400. The third kappa shape index (κ3) is 14.0. The number of benzene rings is 2. The zero-order chi connectivity index (χ0) is 21.5. The first-order chi connectivity index (χ1) is 12.8. The average molecular weight is 422 g/mol. The smallest absolute Gasteiger partial charge is 0.445 e. The van der Waals surface area contributed by atoms with Crippen LogP contribution in [0, 0.1) is 13.8 Å². The molecule has 0 spiro atoms. The van der Waals surface area contributed by atoms with Gasteiger partial charge in [-0.25, -0.2) is 0 Å². The molecule has 0 fully saturated rings. The number of aryl methyl sites for hydroxylation is 2. The first-order valence-electron chi connectivity index (χ1n) is 9.16. The summed E-state index contributed by atoms with van der Waals surface area (Å²) in [6, 6.07) is 13.2. The van der Waals surface area contributed by atoms with Crippen molar-refractivity contribution in [1.29, 1.82) is 0 Å². The van der Waals surface area contributed by atoms with E-state index in [-0.39, 0.29) is 58.5 Å². The van der Waals surface area contributed by atoms with Crippen LogP contribution in [0.25, 0.3) is 0 Å². The minimum absolute atomic E-state index is 0. The van der Waals surface area contributed by atoms with Gasteiger partial charge in [0.15, 0.2) is 0 Å². The molecule has 0 unspecified atom stereocenters. The molecule has 0 aromatic heterocycles. The molecule has 2 rings (SSSR count). The van der Waals surface area contributed by atoms with Crippen molar-refractivity contribution in [2.24, 2.45) is 0 Å². The van der Waals surface area contributed by atoms with E-state index in [1.807, 2.05) is 52.0 Å². The van der Waals surface area contributed by atoms with E-state index in [0.717, 1.165) is 23.2 Å². The van der Waals surface area contributed by atoms with Gasteiger partial charge in [0.1, 0.15) is 0 Å². The van der Waals surface area contributed by atoms with Gasteiger partial charge in [-0.1, -0.05) is 87.4 Å². The SMILES string of the molecule is CC.CC.COB(OC)c1ccc(C)cc1.Cc1ccc([B-](F)(F)F)cc1.[K+]. The second-order valence-electron chi connectivity index (χ2n) is 5.20. The Morgan fingerprint density at radius 1 is 0.679 bits per heavy atom. The second-order valence-corrected chi connectivity index (χ2v) is 5.20. The Balaban J connectivity index is -0.000000368. The molecule has 0 atom stereocenters. The molecule has 2 aromatic rings. The van der Waals surface area contributed by atoms with Crippen molar-refractivity contribution in [3.05, 3.63) is 59.7 Å². The molecule has 0 heterocycles. The van der Waals surface area contributed by atoms with Gasteiger partial charge in [0.05, 0.1) is 0 Å². The summed E-state index contributed by atoms with van der Waals surface area (Å²) in [4.78, 5) is 0. The fourth-order valence-electron chi connectivity index (χ4n) is 1.88. The fourth-order valence-corrected chi connectivity index (χ4v) is 1.88. The Kier molecular flexibility index (Phi) is 22.0. The van der Waals surface area contributed by atoms with Crippen LogP contribution in [0.4, 0.5) is 12.9 Å². The van der Waals surface area contributed by atoms with E-state index in [1.54, 1.807) is 21.1 Å². The molecular formula is C20H32B2F3KO2. The first kappa shape index (κ1) is 32.6. The van der Waals surface area contributed by atoms with Crippen molar-refractivity contribution in [3.8, 4) is 0 Å². The van der Waals surface area contributed by atoms with Crippen molar-refractivity contribution in [2.45, 2.75) is 41.5 Å². The monoisotopic (exact) mass is 422 g/mol. The Bertz CT molecular complexity index is 588. The van der Waals surface area contributed by atoms with Gasteiger partial charge in [-0.2, -0.15) is 0 Å². The average Bonchev–Trinajstić information content (AvgIpc) is 2.67. The second kappa shape index (κ2) is 18.9. The van der Waals surface area contributed by atoms with E-state index < -0.39 is 12.4 Å². The number of hydrogen-bond acceptors (Lipinski definition) is 2. The summed E-state index contributed by atoms with van der Waals surface area (Å²) in [5.41, 5.74) is 2.60. The van der Waals surface area contributed by atoms with Crippen molar-refractivity contribution >= 4 is 25.0 Å². The third-order valence-corrected chi connectivity index (χ3v) is 3.23. The maximum atomic E-state index is 12.0. The maximum Gasteiger partial charge on any atom is 1.00 e. The van der Waals surface area contributed by atoms with Crippen LogP contribution in [0.5, 0.6) is 0 Å². The molecule has 0 radical (unpaired) electrons. The summed E-state index contributed by atoms with van der Waals surface area (Å²) in [6.45, 7) is 6.99. The largest absolute Gasteiger partial charge is 1.00 e. The Morgan fingerprint density at radius 3 is 1.29 bits per heavy atom. The zero-order valence-electron chi connectivity index (χ0n) is 18.7. The number of rotatable bonds is 4. The summed E-state index contributed by atoms with van der Waals surface area (Å²) < 4.78 is 46.2. The summed E-state index contributed by atoms with van der Waals surface area (Å²) in [6.07, 6.45) is 0. The van der Waals surface area contributed by atoms with Crippen molar-refractivity contribution in [2.75, 3.05) is 14.2 Å². The van der Waals surface area contributed by atoms with Crippen LogP contribution >= 0.6 is 0 Å². The molecule has 28 heavy (non-hydrogen) atoms. The molecule has 0 aliphatic rings. The van der Waals surface area contributed by atoms with Gasteiger partial charge in [-0.15, -0.1) is 5.46 Å². The molecule has 0 aliphatic heterocycles. The minimum atomic E-state index is -4.82. The van der Waals surface area contributed by atoms with E-state index in [2.05, 4.69) is 6.92 Å². The van der Waals surface area contributed by atoms with Crippen LogP contribution in [0.2, 0.25) is 0 Å². The normalized spacial score (nSPS) is 9.25. The molecule has 8 heteroatoms. The quantitative estimate of drug-likeness (QED) is 0.703. The van der Waals surface area contributed by atoms with Crippen LogP contribution in [-0.4, -0.2) is 28.3 Å². The third-order valence-electron chi connectivity index (χ3n) is 3.23. The van der Waals surface area contributed by atoms with Gasteiger partial charge >= 0.3 is 65.5 Å². The van der Waals surface area contributed by atoms with Crippen LogP contribution in [-0.2, 0) is 9.31 Å². The van der Waals surface area contributed by atoms with E-state index in [0.29, 0.717) is 0 Å². The molecule has 0 saturated heterocycles. The maximum absolute atomic E-state index is 12.0. The molecule has 2 aromatic carbocycles. The van der Waals surface area contributed by atoms with Crippen LogP contribution in [0.3, 0.4) is 0 Å². The minimum Gasteiger partial charge on any atom is -0.445 e. The summed E-state index contributed by atoms with van der Waals surface area (Å²) >= 11 is 0. The van der Waals surface area contributed by atoms with Gasteiger partial charge in [0.25, 0.3) is 0 Å². The number of hydrogen-bond donors (Lipinski definition) is 0. The predicted molar refractivity (Wildman–Crippen MR) is 113 cm³/mol. The molecule has 2 nitrogen and oxygen atoms in total. The van der Waals surface area contributed by atoms with E-state index >= 15 is 0 Å². The molecule has 0 amide bonds. The number of halogens is 3. The van der Waals surface area contributed by atoms with Gasteiger partial charge in [-0.05, 0) is 19.3 Å². The van der Waals surface area contributed by atoms with Gasteiger partial charge in [-0.3, -0.25) is 0 Å². The van der Waals surface area contributed by atoms with Crippen molar-refractivity contribution in [3.63, 3.8) is 0 Å².